The van der Waals surface area contributed by atoms with Gasteiger partial charge in [-0.1, -0.05) is 184 Å². The molecule has 1 rings (SSSR count). The number of nitrogens with one attached hydrogen (secondary N) is 1. The van der Waals surface area contributed by atoms with Gasteiger partial charge in [-0.15, -0.1) is 0 Å². The summed E-state index contributed by atoms with van der Waals surface area (Å²) in [5.41, 5.74) is 0. The van der Waals surface area contributed by atoms with E-state index in [1.165, 1.54) is 89.9 Å². The summed E-state index contributed by atoms with van der Waals surface area (Å²) < 4.78 is 11.2. The lowest BCUT2D eigenvalue weighted by Crippen LogP contribution is -2.60. The van der Waals surface area contributed by atoms with Crippen molar-refractivity contribution in [3.05, 3.63) is 60.8 Å². The fourth-order valence-electron chi connectivity index (χ4n) is 7.13. The zero-order valence-electron chi connectivity index (χ0n) is 36.8. The van der Waals surface area contributed by atoms with Crippen molar-refractivity contribution in [3.8, 4) is 0 Å². The topological polar surface area (TPSA) is 149 Å². The maximum atomic E-state index is 12.9. The van der Waals surface area contributed by atoms with Gasteiger partial charge in [0.2, 0.25) is 5.91 Å². The molecule has 7 atom stereocenters. The molecule has 1 heterocycles. The van der Waals surface area contributed by atoms with Crippen LogP contribution in [-0.4, -0.2) is 87.5 Å². The van der Waals surface area contributed by atoms with Gasteiger partial charge in [0.1, 0.15) is 24.4 Å². The van der Waals surface area contributed by atoms with E-state index in [9.17, 15) is 30.3 Å². The number of carbonyl (C=O) groups is 1. The van der Waals surface area contributed by atoms with Crippen LogP contribution >= 0.6 is 0 Å². The summed E-state index contributed by atoms with van der Waals surface area (Å²) in [5.74, 6) is -0.154. The molecule has 0 bridgehead atoms. The highest BCUT2D eigenvalue weighted by Gasteiger charge is 2.44. The molecule has 1 amide bonds. The van der Waals surface area contributed by atoms with E-state index in [1.807, 2.05) is 0 Å². The van der Waals surface area contributed by atoms with Crippen LogP contribution in [0.2, 0.25) is 0 Å². The quantitative estimate of drug-likeness (QED) is 0.0267. The summed E-state index contributed by atoms with van der Waals surface area (Å²) in [5, 5.41) is 54.0. The summed E-state index contributed by atoms with van der Waals surface area (Å²) in [6, 6.07) is -0.717. The lowest BCUT2D eigenvalue weighted by atomic mass is 9.99. The first kappa shape index (κ1) is 53.9. The number of allylic oxidation sites excluding steroid dienone is 10. The van der Waals surface area contributed by atoms with Crippen molar-refractivity contribution in [2.24, 2.45) is 0 Å². The number of ether oxygens (including phenoxy) is 2. The monoisotopic (exact) mass is 818 g/mol. The highest BCUT2D eigenvalue weighted by molar-refractivity contribution is 5.76. The van der Waals surface area contributed by atoms with Crippen molar-refractivity contribution in [2.75, 3.05) is 13.2 Å². The van der Waals surface area contributed by atoms with Gasteiger partial charge in [-0.2, -0.15) is 0 Å². The van der Waals surface area contributed by atoms with Gasteiger partial charge in [0, 0.05) is 6.42 Å². The predicted molar refractivity (Wildman–Crippen MR) is 239 cm³/mol. The average Bonchev–Trinajstić information content (AvgIpc) is 3.22. The average molecular weight is 818 g/mol. The molecule has 58 heavy (non-hydrogen) atoms. The maximum Gasteiger partial charge on any atom is 0.220 e. The fourth-order valence-corrected chi connectivity index (χ4v) is 7.13. The molecular formula is C49H87NO8. The van der Waals surface area contributed by atoms with E-state index in [4.69, 9.17) is 9.47 Å². The SMILES string of the molecule is CC/C=C\C/C=C\C/C=C\C/C=C\C/C=C\CCCCCCCCCCCCCCCC(=O)NC(COC1OC(CO)C(O)C(O)C1O)C(O)CCCCCCCC. The number of carbonyl (C=O) groups excluding carboxylic acids is 1. The zero-order valence-corrected chi connectivity index (χ0v) is 36.8. The molecule has 0 aromatic carbocycles. The molecule has 1 aliphatic heterocycles. The number of hydrogen-bond acceptors (Lipinski definition) is 8. The van der Waals surface area contributed by atoms with Gasteiger partial charge in [-0.05, 0) is 57.8 Å². The number of hydrogen-bond donors (Lipinski definition) is 6. The first-order valence-corrected chi connectivity index (χ1v) is 23.5. The number of amides is 1. The van der Waals surface area contributed by atoms with E-state index >= 15 is 0 Å². The standard InChI is InChI=1S/C49H87NO8/c1-3-5-7-9-11-12-13-14-15-16-17-18-19-20-21-22-23-24-25-26-27-28-29-30-31-32-33-35-37-39-45(53)50-42(43(52)38-36-34-10-8-6-4-2)41-57-49-48(56)47(55)46(54)44(40-51)58-49/h5,7,11-12,14-15,17-18,20-21,42-44,46-49,51-52,54-56H,3-4,6,8-10,13,16,19,22-41H2,1-2H3,(H,50,53)/b7-5-,12-11-,15-14-,18-17-,21-20-. The van der Waals surface area contributed by atoms with Crippen molar-refractivity contribution >= 4 is 5.91 Å². The summed E-state index contributed by atoms with van der Waals surface area (Å²) in [6.07, 6.45) is 44.2. The Labute approximate surface area is 354 Å². The predicted octanol–water partition coefficient (Wildman–Crippen LogP) is 10.0. The van der Waals surface area contributed by atoms with Gasteiger partial charge >= 0.3 is 0 Å². The minimum Gasteiger partial charge on any atom is -0.394 e. The Morgan fingerprint density at radius 3 is 1.59 bits per heavy atom. The van der Waals surface area contributed by atoms with Gasteiger partial charge in [0.15, 0.2) is 6.29 Å². The second kappa shape index (κ2) is 39.1. The molecule has 1 aliphatic rings. The van der Waals surface area contributed by atoms with E-state index in [0.717, 1.165) is 70.6 Å². The number of aliphatic hydroxyl groups is 5. The van der Waals surface area contributed by atoms with Crippen molar-refractivity contribution in [1.82, 2.24) is 5.32 Å². The molecule has 9 nitrogen and oxygen atoms in total. The minimum absolute atomic E-state index is 0.142. The number of rotatable bonds is 38. The van der Waals surface area contributed by atoms with E-state index in [2.05, 4.69) is 79.9 Å². The van der Waals surface area contributed by atoms with Crippen LogP contribution in [0, 0.1) is 0 Å². The summed E-state index contributed by atoms with van der Waals surface area (Å²) in [7, 11) is 0. The second-order valence-corrected chi connectivity index (χ2v) is 16.2. The van der Waals surface area contributed by atoms with Crippen LogP contribution in [-0.2, 0) is 14.3 Å². The number of unbranched alkanes of at least 4 members (excludes halogenated alkanes) is 18. The van der Waals surface area contributed by atoms with Gasteiger partial charge in [-0.25, -0.2) is 0 Å². The Bertz CT molecular complexity index is 1090. The second-order valence-electron chi connectivity index (χ2n) is 16.2. The Morgan fingerprint density at radius 2 is 1.07 bits per heavy atom. The summed E-state index contributed by atoms with van der Waals surface area (Å²) in [6.45, 7) is 3.64. The van der Waals surface area contributed by atoms with E-state index < -0.39 is 49.5 Å². The first-order valence-electron chi connectivity index (χ1n) is 23.5. The van der Waals surface area contributed by atoms with Crippen LogP contribution in [0.1, 0.15) is 187 Å². The van der Waals surface area contributed by atoms with Crippen LogP contribution in [0.3, 0.4) is 0 Å². The van der Waals surface area contributed by atoms with Crippen LogP contribution in [0.4, 0.5) is 0 Å². The third-order valence-corrected chi connectivity index (χ3v) is 10.9. The van der Waals surface area contributed by atoms with Crippen LogP contribution in [0.15, 0.2) is 60.8 Å². The van der Waals surface area contributed by atoms with Crippen molar-refractivity contribution in [1.29, 1.82) is 0 Å². The number of aliphatic hydroxyl groups excluding tert-OH is 5. The molecule has 336 valence electrons. The largest absolute Gasteiger partial charge is 0.394 e. The van der Waals surface area contributed by atoms with Gasteiger partial charge in [0.05, 0.1) is 25.4 Å². The molecule has 6 N–H and O–H groups in total. The smallest absolute Gasteiger partial charge is 0.220 e. The van der Waals surface area contributed by atoms with Gasteiger partial charge in [0.25, 0.3) is 0 Å². The summed E-state index contributed by atoms with van der Waals surface area (Å²) in [4.78, 5) is 12.9. The molecule has 7 unspecified atom stereocenters. The van der Waals surface area contributed by atoms with Crippen LogP contribution < -0.4 is 5.32 Å². The maximum absolute atomic E-state index is 12.9. The Morgan fingerprint density at radius 1 is 0.603 bits per heavy atom. The molecule has 0 aliphatic carbocycles. The summed E-state index contributed by atoms with van der Waals surface area (Å²) >= 11 is 0. The fraction of sp³-hybridized carbons (Fsp3) is 0.776. The normalized spacial score (nSPS) is 21.4. The van der Waals surface area contributed by atoms with Crippen molar-refractivity contribution in [2.45, 2.75) is 230 Å². The van der Waals surface area contributed by atoms with E-state index in [0.29, 0.717) is 12.8 Å². The third kappa shape index (κ3) is 29.2. The van der Waals surface area contributed by atoms with Crippen LogP contribution in [0.5, 0.6) is 0 Å². The zero-order chi connectivity index (χ0) is 42.3. The minimum atomic E-state index is -1.55. The lowest BCUT2D eigenvalue weighted by molar-refractivity contribution is -0.302. The van der Waals surface area contributed by atoms with Crippen molar-refractivity contribution in [3.63, 3.8) is 0 Å². The Kier molecular flexibility index (Phi) is 36.3. The lowest BCUT2D eigenvalue weighted by Gasteiger charge is -2.40. The molecule has 0 saturated carbocycles. The Balaban J connectivity index is 2.11. The first-order chi connectivity index (χ1) is 28.3. The molecule has 1 saturated heterocycles. The molecule has 0 radical (unpaired) electrons. The Hall–Kier alpha value is -2.11. The third-order valence-electron chi connectivity index (χ3n) is 10.9. The molecule has 0 spiro atoms. The van der Waals surface area contributed by atoms with Crippen molar-refractivity contribution < 1.29 is 39.8 Å². The van der Waals surface area contributed by atoms with Crippen LogP contribution in [0.25, 0.3) is 0 Å². The molecular weight excluding hydrogens is 731 g/mol. The van der Waals surface area contributed by atoms with E-state index in [-0.39, 0.29) is 12.5 Å². The highest BCUT2D eigenvalue weighted by atomic mass is 16.7. The van der Waals surface area contributed by atoms with Gasteiger partial charge in [-0.3, -0.25) is 4.79 Å². The molecule has 0 aromatic rings. The highest BCUT2D eigenvalue weighted by Crippen LogP contribution is 2.23. The van der Waals surface area contributed by atoms with E-state index in [1.54, 1.807) is 0 Å². The molecule has 0 aromatic heterocycles. The molecule has 9 heteroatoms. The van der Waals surface area contributed by atoms with Gasteiger partial charge < -0.3 is 40.3 Å². The molecule has 1 fully saturated rings.